The van der Waals surface area contributed by atoms with Crippen LogP contribution in [0.25, 0.3) is 0 Å². The number of unbranched alkanes of at least 4 members (excludes halogenated alkanes) is 11. The summed E-state index contributed by atoms with van der Waals surface area (Å²) in [5.74, 6) is 0. The molecule has 170 valence electrons. The molecule has 0 bridgehead atoms. The van der Waals surface area contributed by atoms with E-state index in [1.165, 1.54) is 94.7 Å². The summed E-state index contributed by atoms with van der Waals surface area (Å²) < 4.78 is 0. The molecule has 2 aromatic carbocycles. The van der Waals surface area contributed by atoms with Crippen LogP contribution < -0.4 is 0 Å². The lowest BCUT2D eigenvalue weighted by atomic mass is 10.0. The van der Waals surface area contributed by atoms with Crippen LogP contribution in [0, 0.1) is 0 Å². The molecule has 0 amide bonds. The third-order valence-electron chi connectivity index (χ3n) is 6.08. The molecule has 0 fully saturated rings. The quantitative estimate of drug-likeness (QED) is 0.172. The van der Waals surface area contributed by atoms with Gasteiger partial charge < -0.3 is 0 Å². The summed E-state index contributed by atoms with van der Waals surface area (Å²) in [5, 5.41) is 0. The van der Waals surface area contributed by atoms with Gasteiger partial charge in [-0.1, -0.05) is 131 Å². The highest BCUT2D eigenvalue weighted by molar-refractivity contribution is 5.17. The first-order valence-corrected chi connectivity index (χ1v) is 12.8. The van der Waals surface area contributed by atoms with E-state index in [9.17, 15) is 0 Å². The standard InChI is InChI=1S/C30H45N/c1-2-3-4-5-6-7-8-9-10-11-12-13-14-21-26-31(27-29-22-17-15-18-23-29)28-30-24-19-16-20-25-30/h2-3,15-20,22-25H,4-14,21,26-28H2,1H3/b3-2+. The van der Waals surface area contributed by atoms with Crippen LogP contribution in [0.3, 0.4) is 0 Å². The Morgan fingerprint density at radius 3 is 1.42 bits per heavy atom. The molecule has 0 saturated carbocycles. The van der Waals surface area contributed by atoms with Crippen LogP contribution in [0.15, 0.2) is 72.8 Å². The lowest BCUT2D eigenvalue weighted by Crippen LogP contribution is -2.24. The van der Waals surface area contributed by atoms with Crippen LogP contribution in [0.2, 0.25) is 0 Å². The van der Waals surface area contributed by atoms with Crippen LogP contribution in [0.1, 0.15) is 95.1 Å². The Labute approximate surface area is 192 Å². The maximum absolute atomic E-state index is 2.61. The SMILES string of the molecule is C/C=C/CCCCCCCCCCCCCN(Cc1ccccc1)Cc1ccccc1. The average molecular weight is 420 g/mol. The summed E-state index contributed by atoms with van der Waals surface area (Å²) in [6, 6.07) is 21.8. The Morgan fingerprint density at radius 2 is 0.968 bits per heavy atom. The van der Waals surface area contributed by atoms with Crippen molar-refractivity contribution >= 4 is 0 Å². The van der Waals surface area contributed by atoms with E-state index in [4.69, 9.17) is 0 Å². The van der Waals surface area contributed by atoms with Crippen molar-refractivity contribution in [2.24, 2.45) is 0 Å². The fraction of sp³-hybridized carbons (Fsp3) is 0.533. The topological polar surface area (TPSA) is 3.24 Å². The number of hydrogen-bond donors (Lipinski definition) is 0. The average Bonchev–Trinajstić information content (AvgIpc) is 2.80. The molecule has 0 N–H and O–H groups in total. The predicted octanol–water partition coefficient (Wildman–Crippen LogP) is 8.95. The fourth-order valence-corrected chi connectivity index (χ4v) is 4.25. The van der Waals surface area contributed by atoms with Crippen molar-refractivity contribution in [1.29, 1.82) is 0 Å². The summed E-state index contributed by atoms with van der Waals surface area (Å²) >= 11 is 0. The highest BCUT2D eigenvalue weighted by atomic mass is 15.1. The molecular formula is C30H45N. The van der Waals surface area contributed by atoms with Crippen LogP contribution in [-0.2, 0) is 13.1 Å². The summed E-state index contributed by atoms with van der Waals surface area (Å²) in [6.07, 6.45) is 21.2. The predicted molar refractivity (Wildman–Crippen MR) is 137 cm³/mol. The molecule has 1 heteroatoms. The summed E-state index contributed by atoms with van der Waals surface area (Å²) in [6.45, 7) is 5.40. The van der Waals surface area contributed by atoms with Gasteiger partial charge in [-0.15, -0.1) is 0 Å². The summed E-state index contributed by atoms with van der Waals surface area (Å²) in [7, 11) is 0. The molecule has 0 radical (unpaired) electrons. The zero-order valence-electron chi connectivity index (χ0n) is 20.0. The normalized spacial score (nSPS) is 11.5. The zero-order chi connectivity index (χ0) is 21.8. The smallest absolute Gasteiger partial charge is 0.0237 e. The van der Waals surface area contributed by atoms with Gasteiger partial charge in [-0.3, -0.25) is 4.90 Å². The number of benzene rings is 2. The Hall–Kier alpha value is -1.86. The molecule has 0 aliphatic carbocycles. The minimum Gasteiger partial charge on any atom is -0.295 e. The van der Waals surface area contributed by atoms with Crippen LogP contribution >= 0.6 is 0 Å². The van der Waals surface area contributed by atoms with Gasteiger partial charge in [-0.25, -0.2) is 0 Å². The van der Waals surface area contributed by atoms with E-state index in [0.717, 1.165) is 13.1 Å². The van der Waals surface area contributed by atoms with Gasteiger partial charge in [0.25, 0.3) is 0 Å². The minimum atomic E-state index is 1.05. The van der Waals surface area contributed by atoms with Crippen LogP contribution in [-0.4, -0.2) is 11.4 Å². The second kappa shape index (κ2) is 17.8. The van der Waals surface area contributed by atoms with Gasteiger partial charge >= 0.3 is 0 Å². The van der Waals surface area contributed by atoms with Gasteiger partial charge in [-0.2, -0.15) is 0 Å². The van der Waals surface area contributed by atoms with Gasteiger partial charge in [0.15, 0.2) is 0 Å². The first-order chi connectivity index (χ1) is 15.4. The van der Waals surface area contributed by atoms with E-state index in [1.807, 2.05) is 0 Å². The molecule has 1 nitrogen and oxygen atoms in total. The van der Waals surface area contributed by atoms with Gasteiger partial charge in [-0.05, 0) is 43.9 Å². The molecule has 31 heavy (non-hydrogen) atoms. The van der Waals surface area contributed by atoms with Gasteiger partial charge in [0.2, 0.25) is 0 Å². The van der Waals surface area contributed by atoms with E-state index in [1.54, 1.807) is 0 Å². The second-order valence-corrected chi connectivity index (χ2v) is 8.93. The Kier molecular flexibility index (Phi) is 14.6. The molecule has 0 aromatic heterocycles. The van der Waals surface area contributed by atoms with Crippen molar-refractivity contribution < 1.29 is 0 Å². The molecule has 0 heterocycles. The zero-order valence-corrected chi connectivity index (χ0v) is 20.0. The first-order valence-electron chi connectivity index (χ1n) is 12.8. The van der Waals surface area contributed by atoms with Gasteiger partial charge in [0.05, 0.1) is 0 Å². The first kappa shape index (κ1) is 25.4. The molecule has 2 aromatic rings. The molecule has 0 aliphatic heterocycles. The maximum atomic E-state index is 2.61. The maximum Gasteiger partial charge on any atom is 0.0237 e. The van der Waals surface area contributed by atoms with Crippen LogP contribution in [0.5, 0.6) is 0 Å². The van der Waals surface area contributed by atoms with Crippen molar-refractivity contribution in [3.63, 3.8) is 0 Å². The number of nitrogens with zero attached hydrogens (tertiary/aromatic N) is 1. The van der Waals surface area contributed by atoms with Crippen molar-refractivity contribution in [3.8, 4) is 0 Å². The van der Waals surface area contributed by atoms with E-state index in [0.29, 0.717) is 0 Å². The lowest BCUT2D eigenvalue weighted by molar-refractivity contribution is 0.250. The van der Waals surface area contributed by atoms with Crippen molar-refractivity contribution in [2.45, 2.75) is 97.1 Å². The molecule has 2 rings (SSSR count). The van der Waals surface area contributed by atoms with Gasteiger partial charge in [0.1, 0.15) is 0 Å². The molecular weight excluding hydrogens is 374 g/mol. The number of allylic oxidation sites excluding steroid dienone is 2. The Balaban J connectivity index is 1.53. The van der Waals surface area contributed by atoms with Gasteiger partial charge in [0, 0.05) is 13.1 Å². The monoisotopic (exact) mass is 419 g/mol. The van der Waals surface area contributed by atoms with Crippen molar-refractivity contribution in [1.82, 2.24) is 4.90 Å². The second-order valence-electron chi connectivity index (χ2n) is 8.93. The highest BCUT2D eigenvalue weighted by Gasteiger charge is 2.07. The van der Waals surface area contributed by atoms with E-state index in [2.05, 4.69) is 84.6 Å². The summed E-state index contributed by atoms with van der Waals surface area (Å²) in [5.41, 5.74) is 2.83. The molecule has 0 saturated heterocycles. The Morgan fingerprint density at radius 1 is 0.548 bits per heavy atom. The third kappa shape index (κ3) is 13.2. The molecule has 0 aliphatic rings. The van der Waals surface area contributed by atoms with Crippen molar-refractivity contribution in [2.75, 3.05) is 6.54 Å². The fourth-order valence-electron chi connectivity index (χ4n) is 4.25. The Bertz CT molecular complexity index is 620. The molecule has 0 spiro atoms. The number of rotatable bonds is 18. The van der Waals surface area contributed by atoms with E-state index in [-0.39, 0.29) is 0 Å². The summed E-state index contributed by atoms with van der Waals surface area (Å²) in [4.78, 5) is 2.61. The van der Waals surface area contributed by atoms with E-state index < -0.39 is 0 Å². The lowest BCUT2D eigenvalue weighted by Gasteiger charge is -2.22. The molecule has 0 atom stereocenters. The van der Waals surface area contributed by atoms with Crippen LogP contribution in [0.4, 0.5) is 0 Å². The largest absolute Gasteiger partial charge is 0.295 e. The molecule has 0 unspecified atom stereocenters. The minimum absolute atomic E-state index is 1.05. The highest BCUT2D eigenvalue weighted by Crippen LogP contribution is 2.14. The van der Waals surface area contributed by atoms with Crippen molar-refractivity contribution in [3.05, 3.63) is 83.9 Å². The third-order valence-corrected chi connectivity index (χ3v) is 6.08. The van der Waals surface area contributed by atoms with E-state index >= 15 is 0 Å². The number of hydrogen-bond acceptors (Lipinski definition) is 1.